The first-order valence-corrected chi connectivity index (χ1v) is 5.91. The largest absolute Gasteiger partial charge is 0.508 e. The van der Waals surface area contributed by atoms with E-state index in [1.165, 1.54) is 6.07 Å². The van der Waals surface area contributed by atoms with Gasteiger partial charge in [0.2, 0.25) is 0 Å². The van der Waals surface area contributed by atoms with Gasteiger partial charge in [0.05, 0.1) is 5.69 Å². The second-order valence-electron chi connectivity index (χ2n) is 5.31. The predicted octanol–water partition coefficient (Wildman–Crippen LogP) is 2.98. The van der Waals surface area contributed by atoms with Gasteiger partial charge in [-0.2, -0.15) is 0 Å². The zero-order valence-electron chi connectivity index (χ0n) is 10.8. The summed E-state index contributed by atoms with van der Waals surface area (Å²) in [6.45, 7) is 5.91. The van der Waals surface area contributed by atoms with Crippen LogP contribution in [0, 0.1) is 0 Å². The molecule has 0 amide bonds. The Bertz CT molecular complexity index is 607. The zero-order chi connectivity index (χ0) is 13.3. The molecule has 1 aromatic carbocycles. The summed E-state index contributed by atoms with van der Waals surface area (Å²) < 4.78 is 1.70. The number of nitrogens with zero attached hydrogens (tertiary/aromatic N) is 1. The highest BCUT2D eigenvalue weighted by Gasteiger charge is 2.19. The monoisotopic (exact) mass is 243 g/mol. The van der Waals surface area contributed by atoms with Crippen LogP contribution in [0.2, 0.25) is 0 Å². The van der Waals surface area contributed by atoms with Crippen molar-refractivity contribution in [3.05, 3.63) is 52.8 Å². The van der Waals surface area contributed by atoms with Gasteiger partial charge in [0.15, 0.2) is 0 Å². The van der Waals surface area contributed by atoms with Crippen LogP contribution in [0.5, 0.6) is 5.75 Å². The lowest BCUT2D eigenvalue weighted by atomic mass is 10.0. The molecule has 1 aromatic heterocycles. The van der Waals surface area contributed by atoms with E-state index in [4.69, 9.17) is 0 Å². The number of hydrogen-bond donors (Lipinski definition) is 1. The lowest BCUT2D eigenvalue weighted by Gasteiger charge is -2.26. The Balaban J connectivity index is 2.78. The Kier molecular flexibility index (Phi) is 2.99. The van der Waals surface area contributed by atoms with Gasteiger partial charge < -0.3 is 9.67 Å². The molecule has 0 fully saturated rings. The van der Waals surface area contributed by atoms with E-state index in [-0.39, 0.29) is 16.8 Å². The van der Waals surface area contributed by atoms with E-state index >= 15 is 0 Å². The Morgan fingerprint density at radius 1 is 1.06 bits per heavy atom. The molecule has 2 aromatic rings. The molecule has 0 saturated heterocycles. The van der Waals surface area contributed by atoms with Crippen LogP contribution in [0.3, 0.4) is 0 Å². The van der Waals surface area contributed by atoms with Gasteiger partial charge in [0, 0.05) is 17.7 Å². The van der Waals surface area contributed by atoms with Crippen molar-refractivity contribution in [3.63, 3.8) is 0 Å². The predicted molar refractivity (Wildman–Crippen MR) is 72.8 cm³/mol. The molecule has 1 heterocycles. The molecule has 94 valence electrons. The standard InChI is InChI=1S/C15H17NO2/c1-15(2,3)16-13(9-12(17)10-14(16)18)11-7-5-4-6-8-11/h4-10,17H,1-3H3. The first kappa shape index (κ1) is 12.4. The third-order valence-electron chi connectivity index (χ3n) is 2.76. The molecule has 0 radical (unpaired) electrons. The summed E-state index contributed by atoms with van der Waals surface area (Å²) >= 11 is 0. The maximum absolute atomic E-state index is 12.1. The van der Waals surface area contributed by atoms with Crippen LogP contribution >= 0.6 is 0 Å². The van der Waals surface area contributed by atoms with Crippen LogP contribution in [0.4, 0.5) is 0 Å². The maximum Gasteiger partial charge on any atom is 0.255 e. The van der Waals surface area contributed by atoms with Gasteiger partial charge in [0.25, 0.3) is 5.56 Å². The molecule has 3 heteroatoms. The van der Waals surface area contributed by atoms with E-state index in [1.807, 2.05) is 51.1 Å². The number of aromatic hydroxyl groups is 1. The molecular weight excluding hydrogens is 226 g/mol. The summed E-state index contributed by atoms with van der Waals surface area (Å²) in [7, 11) is 0. The third-order valence-corrected chi connectivity index (χ3v) is 2.76. The summed E-state index contributed by atoms with van der Waals surface area (Å²) in [6, 6.07) is 12.5. The van der Waals surface area contributed by atoms with Crippen molar-refractivity contribution in [3.8, 4) is 17.0 Å². The lowest BCUT2D eigenvalue weighted by Crippen LogP contribution is -2.34. The van der Waals surface area contributed by atoms with E-state index in [0.717, 1.165) is 11.3 Å². The second-order valence-corrected chi connectivity index (χ2v) is 5.31. The zero-order valence-corrected chi connectivity index (χ0v) is 10.8. The lowest BCUT2D eigenvalue weighted by molar-refractivity contribution is 0.384. The SMILES string of the molecule is CC(C)(C)n1c(-c2ccccc2)cc(O)cc1=O. The Morgan fingerprint density at radius 3 is 2.22 bits per heavy atom. The van der Waals surface area contributed by atoms with Gasteiger partial charge in [-0.3, -0.25) is 4.79 Å². The smallest absolute Gasteiger partial charge is 0.255 e. The number of benzene rings is 1. The van der Waals surface area contributed by atoms with Crippen molar-refractivity contribution in [1.82, 2.24) is 4.57 Å². The van der Waals surface area contributed by atoms with Crippen molar-refractivity contribution in [2.75, 3.05) is 0 Å². The van der Waals surface area contributed by atoms with E-state index in [9.17, 15) is 9.90 Å². The molecule has 3 nitrogen and oxygen atoms in total. The summed E-state index contributed by atoms with van der Waals surface area (Å²) in [5.41, 5.74) is 1.12. The highest BCUT2D eigenvalue weighted by atomic mass is 16.3. The Morgan fingerprint density at radius 2 is 1.67 bits per heavy atom. The summed E-state index contributed by atoms with van der Waals surface area (Å²) in [5.74, 6) is -0.000599. The van der Waals surface area contributed by atoms with E-state index in [0.29, 0.717) is 0 Å². The number of aromatic nitrogens is 1. The van der Waals surface area contributed by atoms with Crippen LogP contribution in [0.25, 0.3) is 11.3 Å². The number of hydrogen-bond acceptors (Lipinski definition) is 2. The fraction of sp³-hybridized carbons (Fsp3) is 0.267. The molecule has 0 aliphatic carbocycles. The average molecular weight is 243 g/mol. The van der Waals surface area contributed by atoms with Gasteiger partial charge in [-0.1, -0.05) is 30.3 Å². The van der Waals surface area contributed by atoms with Crippen molar-refractivity contribution in [2.45, 2.75) is 26.3 Å². The molecule has 2 rings (SSSR count). The molecule has 0 aliphatic rings. The normalized spacial score (nSPS) is 11.5. The second kappa shape index (κ2) is 4.33. The van der Waals surface area contributed by atoms with Gasteiger partial charge >= 0.3 is 0 Å². The first-order chi connectivity index (χ1) is 8.39. The van der Waals surface area contributed by atoms with Crippen LogP contribution in [0.1, 0.15) is 20.8 Å². The van der Waals surface area contributed by atoms with Crippen molar-refractivity contribution in [1.29, 1.82) is 0 Å². The molecule has 0 spiro atoms. The molecule has 0 bridgehead atoms. The number of pyridine rings is 1. The quantitative estimate of drug-likeness (QED) is 0.836. The van der Waals surface area contributed by atoms with Crippen LogP contribution < -0.4 is 5.56 Å². The molecule has 1 N–H and O–H groups in total. The average Bonchev–Trinajstić information content (AvgIpc) is 2.27. The molecule has 18 heavy (non-hydrogen) atoms. The molecule has 0 saturated carbocycles. The van der Waals surface area contributed by atoms with Crippen LogP contribution in [0.15, 0.2) is 47.3 Å². The highest BCUT2D eigenvalue weighted by Crippen LogP contribution is 2.26. The van der Waals surface area contributed by atoms with E-state index in [1.54, 1.807) is 10.6 Å². The minimum atomic E-state index is -0.337. The van der Waals surface area contributed by atoms with Crippen LogP contribution in [-0.4, -0.2) is 9.67 Å². The van der Waals surface area contributed by atoms with Gasteiger partial charge in [-0.15, -0.1) is 0 Å². The van der Waals surface area contributed by atoms with Crippen molar-refractivity contribution in [2.24, 2.45) is 0 Å². The van der Waals surface area contributed by atoms with Gasteiger partial charge in [-0.25, -0.2) is 0 Å². The summed E-state index contributed by atoms with van der Waals surface area (Å²) in [6.07, 6.45) is 0. The molecular formula is C15H17NO2. The third kappa shape index (κ3) is 2.30. The Labute approximate surface area is 106 Å². The van der Waals surface area contributed by atoms with E-state index in [2.05, 4.69) is 0 Å². The molecule has 0 aliphatic heterocycles. The van der Waals surface area contributed by atoms with Gasteiger partial charge in [-0.05, 0) is 26.3 Å². The van der Waals surface area contributed by atoms with Crippen molar-refractivity contribution < 1.29 is 5.11 Å². The number of rotatable bonds is 1. The summed E-state index contributed by atoms with van der Waals surface area (Å²) in [4.78, 5) is 12.1. The fourth-order valence-electron chi connectivity index (χ4n) is 2.07. The Hall–Kier alpha value is -2.03. The van der Waals surface area contributed by atoms with Crippen LogP contribution in [-0.2, 0) is 5.54 Å². The molecule has 0 atom stereocenters. The first-order valence-electron chi connectivity index (χ1n) is 5.91. The topological polar surface area (TPSA) is 42.2 Å². The molecule has 0 unspecified atom stereocenters. The minimum absolute atomic E-state index is 0.000599. The fourth-order valence-corrected chi connectivity index (χ4v) is 2.07. The maximum atomic E-state index is 12.1. The van der Waals surface area contributed by atoms with Crippen molar-refractivity contribution >= 4 is 0 Å². The van der Waals surface area contributed by atoms with Gasteiger partial charge in [0.1, 0.15) is 5.75 Å². The minimum Gasteiger partial charge on any atom is -0.508 e. The van der Waals surface area contributed by atoms with E-state index < -0.39 is 0 Å². The highest BCUT2D eigenvalue weighted by molar-refractivity contribution is 5.61. The summed E-state index contributed by atoms with van der Waals surface area (Å²) in [5, 5.41) is 9.63.